The highest BCUT2D eigenvalue weighted by Gasteiger charge is 2.37. The van der Waals surface area contributed by atoms with Crippen molar-refractivity contribution in [1.29, 1.82) is 0 Å². The van der Waals surface area contributed by atoms with E-state index in [-0.39, 0.29) is 17.3 Å². The van der Waals surface area contributed by atoms with Gasteiger partial charge in [0, 0.05) is 26.2 Å². The molecule has 0 bridgehead atoms. The van der Waals surface area contributed by atoms with E-state index in [1.165, 1.54) is 4.31 Å². The van der Waals surface area contributed by atoms with E-state index in [1.54, 1.807) is 30.3 Å². The van der Waals surface area contributed by atoms with Crippen molar-refractivity contribution in [1.82, 2.24) is 14.9 Å². The van der Waals surface area contributed by atoms with Crippen LogP contribution in [-0.2, 0) is 21.4 Å². The van der Waals surface area contributed by atoms with Gasteiger partial charge in [-0.1, -0.05) is 48.5 Å². The summed E-state index contributed by atoms with van der Waals surface area (Å²) in [5, 5.41) is 5.94. The number of piperazine rings is 1. The van der Waals surface area contributed by atoms with Gasteiger partial charge in [-0.3, -0.25) is 4.79 Å². The van der Waals surface area contributed by atoms with Crippen molar-refractivity contribution < 1.29 is 13.2 Å². The number of carbonyl (C=O) groups excluding carboxylic acids is 1. The van der Waals surface area contributed by atoms with E-state index >= 15 is 0 Å². The van der Waals surface area contributed by atoms with Crippen LogP contribution in [0.2, 0.25) is 0 Å². The van der Waals surface area contributed by atoms with Crippen LogP contribution in [0.4, 0.5) is 0 Å². The van der Waals surface area contributed by atoms with Crippen molar-refractivity contribution in [3.63, 3.8) is 0 Å². The quantitative estimate of drug-likeness (QED) is 0.834. The molecule has 7 heteroatoms. The first-order valence-electron chi connectivity index (χ1n) is 8.18. The van der Waals surface area contributed by atoms with Crippen molar-refractivity contribution in [2.75, 3.05) is 19.6 Å². The first-order chi connectivity index (χ1) is 12.1. The zero-order valence-electron chi connectivity index (χ0n) is 13.8. The Balaban J connectivity index is 1.75. The summed E-state index contributed by atoms with van der Waals surface area (Å²) in [6, 6.07) is 17.0. The maximum Gasteiger partial charge on any atom is 0.243 e. The second-order valence-electron chi connectivity index (χ2n) is 5.85. The van der Waals surface area contributed by atoms with Crippen molar-refractivity contribution in [3.8, 4) is 0 Å². The van der Waals surface area contributed by atoms with Crippen LogP contribution in [0.25, 0.3) is 0 Å². The average molecular weight is 359 g/mol. The largest absolute Gasteiger partial charge is 0.351 e. The topological polar surface area (TPSA) is 78.5 Å². The number of carbonyl (C=O) groups is 1. The molecule has 2 N–H and O–H groups in total. The summed E-state index contributed by atoms with van der Waals surface area (Å²) in [6.07, 6.45) is 0. The molecule has 1 atom stereocenters. The lowest BCUT2D eigenvalue weighted by molar-refractivity contribution is -0.125. The van der Waals surface area contributed by atoms with E-state index in [9.17, 15) is 13.2 Å². The molecule has 3 rings (SSSR count). The molecule has 1 heterocycles. The fourth-order valence-electron chi connectivity index (χ4n) is 2.83. The fourth-order valence-corrected chi connectivity index (χ4v) is 4.44. The molecule has 0 aliphatic carbocycles. The number of sulfonamides is 1. The number of benzene rings is 2. The highest BCUT2D eigenvalue weighted by atomic mass is 32.2. The van der Waals surface area contributed by atoms with Gasteiger partial charge in [0.1, 0.15) is 6.04 Å². The zero-order valence-corrected chi connectivity index (χ0v) is 14.6. The lowest BCUT2D eigenvalue weighted by Crippen LogP contribution is -2.59. The van der Waals surface area contributed by atoms with Gasteiger partial charge in [-0.25, -0.2) is 8.42 Å². The SMILES string of the molecule is O=C(NCc1ccccc1)C1CNCCN1S(=O)(=O)c1ccccc1. The normalized spacial score (nSPS) is 18.6. The molecule has 6 nitrogen and oxygen atoms in total. The number of hydrogen-bond acceptors (Lipinski definition) is 4. The number of nitrogens with zero attached hydrogens (tertiary/aromatic N) is 1. The summed E-state index contributed by atoms with van der Waals surface area (Å²) < 4.78 is 27.1. The maximum atomic E-state index is 12.9. The predicted octanol–water partition coefficient (Wildman–Crippen LogP) is 0.965. The number of rotatable bonds is 5. The van der Waals surface area contributed by atoms with Crippen LogP contribution < -0.4 is 10.6 Å². The Kier molecular flexibility index (Phi) is 5.47. The van der Waals surface area contributed by atoms with E-state index in [4.69, 9.17) is 0 Å². The van der Waals surface area contributed by atoms with Gasteiger partial charge in [-0.15, -0.1) is 0 Å². The first kappa shape index (κ1) is 17.6. The molecule has 1 unspecified atom stereocenters. The zero-order chi connectivity index (χ0) is 17.7. The van der Waals surface area contributed by atoms with Gasteiger partial charge < -0.3 is 10.6 Å². The monoisotopic (exact) mass is 359 g/mol. The van der Waals surface area contributed by atoms with Crippen LogP contribution in [0.1, 0.15) is 5.56 Å². The van der Waals surface area contributed by atoms with Crippen LogP contribution in [0.5, 0.6) is 0 Å². The van der Waals surface area contributed by atoms with Crippen LogP contribution in [0.3, 0.4) is 0 Å². The third-order valence-electron chi connectivity index (χ3n) is 4.16. The molecule has 0 saturated carbocycles. The van der Waals surface area contributed by atoms with Gasteiger partial charge >= 0.3 is 0 Å². The minimum absolute atomic E-state index is 0.206. The van der Waals surface area contributed by atoms with E-state index in [0.717, 1.165) is 5.56 Å². The molecule has 1 amide bonds. The minimum Gasteiger partial charge on any atom is -0.351 e. The predicted molar refractivity (Wildman–Crippen MR) is 95.3 cm³/mol. The molecule has 2 aromatic rings. The Morgan fingerprint density at radius 1 is 1.08 bits per heavy atom. The molecule has 0 radical (unpaired) electrons. The molecule has 1 saturated heterocycles. The number of amides is 1. The van der Waals surface area contributed by atoms with E-state index in [1.807, 2.05) is 30.3 Å². The number of nitrogens with one attached hydrogen (secondary N) is 2. The third kappa shape index (κ3) is 4.07. The smallest absolute Gasteiger partial charge is 0.243 e. The van der Waals surface area contributed by atoms with Gasteiger partial charge in [0.25, 0.3) is 0 Å². The lowest BCUT2D eigenvalue weighted by Gasteiger charge is -2.34. The highest BCUT2D eigenvalue weighted by molar-refractivity contribution is 7.89. The second-order valence-corrected chi connectivity index (χ2v) is 7.74. The summed E-state index contributed by atoms with van der Waals surface area (Å²) in [5.74, 6) is -0.296. The Labute approximate surface area is 147 Å². The van der Waals surface area contributed by atoms with Crippen molar-refractivity contribution in [2.24, 2.45) is 0 Å². The Bertz CT molecular complexity index is 810. The van der Waals surface area contributed by atoms with Gasteiger partial charge in [0.15, 0.2) is 0 Å². The first-order valence-corrected chi connectivity index (χ1v) is 9.62. The summed E-state index contributed by atoms with van der Waals surface area (Å²) in [7, 11) is -3.71. The second kappa shape index (κ2) is 7.77. The van der Waals surface area contributed by atoms with Crippen LogP contribution in [0.15, 0.2) is 65.6 Å². The summed E-state index contributed by atoms with van der Waals surface area (Å²) in [5.41, 5.74) is 0.970. The molecule has 132 valence electrons. The molecule has 1 aliphatic heterocycles. The minimum atomic E-state index is -3.71. The van der Waals surface area contributed by atoms with Crippen LogP contribution in [-0.4, -0.2) is 44.3 Å². The Morgan fingerprint density at radius 2 is 1.72 bits per heavy atom. The summed E-state index contributed by atoms with van der Waals surface area (Å²) in [6.45, 7) is 1.46. The standard InChI is InChI=1S/C18H21N3O3S/c22-18(20-13-15-7-3-1-4-8-15)17-14-19-11-12-21(17)25(23,24)16-9-5-2-6-10-16/h1-10,17,19H,11-14H2,(H,20,22). The molecule has 2 aromatic carbocycles. The highest BCUT2D eigenvalue weighted by Crippen LogP contribution is 2.19. The number of hydrogen-bond donors (Lipinski definition) is 2. The molecular formula is C18H21N3O3S. The molecular weight excluding hydrogens is 338 g/mol. The third-order valence-corrected chi connectivity index (χ3v) is 6.08. The molecule has 0 aromatic heterocycles. The summed E-state index contributed by atoms with van der Waals surface area (Å²) >= 11 is 0. The van der Waals surface area contributed by atoms with Gasteiger partial charge in [0.2, 0.25) is 15.9 Å². The van der Waals surface area contributed by atoms with Crippen molar-refractivity contribution in [2.45, 2.75) is 17.5 Å². The Morgan fingerprint density at radius 3 is 2.40 bits per heavy atom. The molecule has 25 heavy (non-hydrogen) atoms. The van der Waals surface area contributed by atoms with Crippen molar-refractivity contribution in [3.05, 3.63) is 66.2 Å². The fraction of sp³-hybridized carbons (Fsp3) is 0.278. The lowest BCUT2D eigenvalue weighted by atomic mass is 10.2. The molecule has 0 spiro atoms. The van der Waals surface area contributed by atoms with E-state index in [2.05, 4.69) is 10.6 Å². The van der Waals surface area contributed by atoms with E-state index in [0.29, 0.717) is 19.6 Å². The van der Waals surface area contributed by atoms with Crippen LogP contribution >= 0.6 is 0 Å². The molecule has 1 fully saturated rings. The van der Waals surface area contributed by atoms with Gasteiger partial charge in [-0.05, 0) is 17.7 Å². The van der Waals surface area contributed by atoms with Gasteiger partial charge in [0.05, 0.1) is 4.90 Å². The van der Waals surface area contributed by atoms with Crippen LogP contribution in [0, 0.1) is 0 Å². The maximum absolute atomic E-state index is 12.9. The average Bonchev–Trinajstić information content (AvgIpc) is 2.67. The molecule has 1 aliphatic rings. The van der Waals surface area contributed by atoms with Crippen molar-refractivity contribution >= 4 is 15.9 Å². The van der Waals surface area contributed by atoms with Gasteiger partial charge in [-0.2, -0.15) is 4.31 Å². The summed E-state index contributed by atoms with van der Waals surface area (Å²) in [4.78, 5) is 12.8. The van der Waals surface area contributed by atoms with E-state index < -0.39 is 16.1 Å². The Hall–Kier alpha value is -2.22.